The first-order chi connectivity index (χ1) is 8.19. The van der Waals surface area contributed by atoms with Crippen LogP contribution in [0.2, 0.25) is 0 Å². The fourth-order valence-electron chi connectivity index (χ4n) is 2.43. The molecule has 0 bridgehead atoms. The van der Waals surface area contributed by atoms with Gasteiger partial charge in [0.25, 0.3) is 0 Å². The number of nitrogens with one attached hydrogen (secondary N) is 1. The number of likely N-dealkylation sites (tertiary alicyclic amines) is 1. The van der Waals surface area contributed by atoms with E-state index < -0.39 is 0 Å². The third-order valence-electron chi connectivity index (χ3n) is 3.47. The lowest BCUT2D eigenvalue weighted by Gasteiger charge is -2.20. The highest BCUT2D eigenvalue weighted by Gasteiger charge is 2.21. The molecule has 1 aliphatic rings. The molecule has 0 radical (unpaired) electrons. The number of hydrogen-bond acceptors (Lipinski definition) is 3. The highest BCUT2D eigenvalue weighted by atomic mass is 16.5. The maximum absolute atomic E-state index is 5.26. The van der Waals surface area contributed by atoms with Crippen LogP contribution in [0.15, 0.2) is 24.3 Å². The van der Waals surface area contributed by atoms with E-state index in [0.717, 1.165) is 12.3 Å². The fraction of sp³-hybridized carbons (Fsp3) is 0.571. The van der Waals surface area contributed by atoms with Gasteiger partial charge in [-0.2, -0.15) is 0 Å². The Labute approximate surface area is 104 Å². The van der Waals surface area contributed by atoms with Crippen LogP contribution in [0.25, 0.3) is 0 Å². The van der Waals surface area contributed by atoms with Crippen LogP contribution >= 0.6 is 0 Å². The number of likely N-dealkylation sites (N-methyl/N-ethyl adjacent to an activating group) is 1. The molecule has 1 saturated heterocycles. The second kappa shape index (κ2) is 5.52. The third kappa shape index (κ3) is 3.20. The quantitative estimate of drug-likeness (QED) is 0.863. The third-order valence-corrected chi connectivity index (χ3v) is 3.47. The summed E-state index contributed by atoms with van der Waals surface area (Å²) in [6.45, 7) is 4.56. The van der Waals surface area contributed by atoms with Crippen LogP contribution in [-0.2, 0) is 0 Å². The van der Waals surface area contributed by atoms with Crippen LogP contribution in [0, 0.1) is 0 Å². The lowest BCUT2D eigenvalue weighted by atomic mass is 10.1. The van der Waals surface area contributed by atoms with Gasteiger partial charge in [-0.15, -0.1) is 0 Å². The first-order valence-electron chi connectivity index (χ1n) is 6.27. The number of hydrogen-bond donors (Lipinski definition) is 1. The van der Waals surface area contributed by atoms with Crippen LogP contribution in [0.1, 0.15) is 24.9 Å². The number of benzene rings is 1. The van der Waals surface area contributed by atoms with Crippen LogP contribution in [0.5, 0.6) is 5.75 Å². The predicted octanol–water partition coefficient (Wildman–Crippen LogP) is 2.05. The van der Waals surface area contributed by atoms with Crippen molar-refractivity contribution < 1.29 is 4.74 Å². The lowest BCUT2D eigenvalue weighted by molar-refractivity contribution is 0.386. The summed E-state index contributed by atoms with van der Waals surface area (Å²) >= 11 is 0. The van der Waals surface area contributed by atoms with Crippen molar-refractivity contribution in [2.24, 2.45) is 0 Å². The molecule has 1 fully saturated rings. The smallest absolute Gasteiger partial charge is 0.119 e. The molecular weight excluding hydrogens is 212 g/mol. The van der Waals surface area contributed by atoms with Crippen LogP contribution in [-0.4, -0.2) is 38.2 Å². The Hall–Kier alpha value is -1.06. The number of rotatable bonds is 4. The van der Waals surface area contributed by atoms with Crippen molar-refractivity contribution in [1.29, 1.82) is 0 Å². The minimum absolute atomic E-state index is 0.376. The summed E-state index contributed by atoms with van der Waals surface area (Å²) in [6, 6.07) is 9.28. The van der Waals surface area contributed by atoms with Gasteiger partial charge in [0.1, 0.15) is 5.75 Å². The number of methoxy groups -OCH3 is 1. The number of nitrogens with zero attached hydrogens (tertiary/aromatic N) is 1. The molecule has 3 heteroatoms. The molecule has 1 unspecified atom stereocenters. The summed E-state index contributed by atoms with van der Waals surface area (Å²) in [6.07, 6.45) is 1.24. The Kier molecular flexibility index (Phi) is 4.02. The van der Waals surface area contributed by atoms with E-state index in [-0.39, 0.29) is 0 Å². The SMILES string of the molecule is COc1cccc([C@@H](C)NC2CCN(C)C2)c1. The summed E-state index contributed by atoms with van der Waals surface area (Å²) in [5.74, 6) is 0.930. The molecule has 1 aromatic carbocycles. The zero-order chi connectivity index (χ0) is 12.3. The standard InChI is InChI=1S/C14H22N2O/c1-11(15-13-7-8-16(2)10-13)12-5-4-6-14(9-12)17-3/h4-6,9,11,13,15H,7-8,10H2,1-3H3/t11-,13?/m1/s1. The summed E-state index contributed by atoms with van der Waals surface area (Å²) in [5, 5.41) is 3.68. The normalized spacial score (nSPS) is 22.6. The van der Waals surface area contributed by atoms with Gasteiger partial charge in [0, 0.05) is 18.6 Å². The maximum atomic E-state index is 5.26. The minimum Gasteiger partial charge on any atom is -0.497 e. The maximum Gasteiger partial charge on any atom is 0.119 e. The average molecular weight is 234 g/mol. The van der Waals surface area contributed by atoms with E-state index in [2.05, 4.69) is 36.3 Å². The monoisotopic (exact) mass is 234 g/mol. The zero-order valence-corrected chi connectivity index (χ0v) is 10.9. The number of ether oxygens (including phenoxy) is 1. The van der Waals surface area contributed by atoms with Gasteiger partial charge in [-0.1, -0.05) is 12.1 Å². The highest BCUT2D eigenvalue weighted by molar-refractivity contribution is 5.30. The summed E-state index contributed by atoms with van der Waals surface area (Å²) < 4.78 is 5.26. The van der Waals surface area contributed by atoms with E-state index in [1.165, 1.54) is 18.5 Å². The van der Waals surface area contributed by atoms with Gasteiger partial charge in [0.05, 0.1) is 7.11 Å². The van der Waals surface area contributed by atoms with Gasteiger partial charge >= 0.3 is 0 Å². The molecule has 0 saturated carbocycles. The fourth-order valence-corrected chi connectivity index (χ4v) is 2.43. The molecule has 1 N–H and O–H groups in total. The van der Waals surface area contributed by atoms with E-state index in [9.17, 15) is 0 Å². The lowest BCUT2D eigenvalue weighted by Crippen LogP contribution is -2.33. The van der Waals surface area contributed by atoms with E-state index >= 15 is 0 Å². The summed E-state index contributed by atoms with van der Waals surface area (Å²) in [7, 11) is 3.89. The van der Waals surface area contributed by atoms with E-state index in [1.54, 1.807) is 7.11 Å². The molecule has 0 amide bonds. The molecular formula is C14H22N2O. The molecule has 0 spiro atoms. The molecule has 1 aliphatic heterocycles. The Morgan fingerprint density at radius 1 is 1.47 bits per heavy atom. The Bertz CT molecular complexity index is 367. The Morgan fingerprint density at radius 2 is 2.29 bits per heavy atom. The highest BCUT2D eigenvalue weighted by Crippen LogP contribution is 2.20. The van der Waals surface area contributed by atoms with Crippen molar-refractivity contribution in [2.45, 2.75) is 25.4 Å². The van der Waals surface area contributed by atoms with Crippen molar-refractivity contribution in [1.82, 2.24) is 10.2 Å². The van der Waals surface area contributed by atoms with Gasteiger partial charge in [-0.05, 0) is 44.6 Å². The van der Waals surface area contributed by atoms with Crippen molar-refractivity contribution >= 4 is 0 Å². The topological polar surface area (TPSA) is 24.5 Å². The van der Waals surface area contributed by atoms with E-state index in [4.69, 9.17) is 4.74 Å². The zero-order valence-electron chi connectivity index (χ0n) is 10.9. The molecule has 0 aliphatic carbocycles. The van der Waals surface area contributed by atoms with Crippen molar-refractivity contribution in [3.63, 3.8) is 0 Å². The van der Waals surface area contributed by atoms with Crippen molar-refractivity contribution in [3.8, 4) is 5.75 Å². The first kappa shape index (κ1) is 12.4. The van der Waals surface area contributed by atoms with Crippen LogP contribution in [0.4, 0.5) is 0 Å². The largest absolute Gasteiger partial charge is 0.497 e. The Morgan fingerprint density at radius 3 is 2.94 bits per heavy atom. The average Bonchev–Trinajstić information content (AvgIpc) is 2.75. The molecule has 0 aromatic heterocycles. The van der Waals surface area contributed by atoms with Crippen LogP contribution in [0.3, 0.4) is 0 Å². The van der Waals surface area contributed by atoms with Crippen molar-refractivity contribution in [2.75, 3.05) is 27.2 Å². The van der Waals surface area contributed by atoms with Gasteiger partial charge in [-0.3, -0.25) is 0 Å². The van der Waals surface area contributed by atoms with Crippen molar-refractivity contribution in [3.05, 3.63) is 29.8 Å². The molecule has 17 heavy (non-hydrogen) atoms. The van der Waals surface area contributed by atoms with Gasteiger partial charge in [0.2, 0.25) is 0 Å². The second-order valence-electron chi connectivity index (χ2n) is 4.91. The molecule has 3 nitrogen and oxygen atoms in total. The minimum atomic E-state index is 0.376. The summed E-state index contributed by atoms with van der Waals surface area (Å²) in [5.41, 5.74) is 1.29. The Balaban J connectivity index is 1.96. The molecule has 2 rings (SSSR count). The molecule has 2 atom stereocenters. The van der Waals surface area contributed by atoms with E-state index in [1.807, 2.05) is 12.1 Å². The van der Waals surface area contributed by atoms with Gasteiger partial charge < -0.3 is 15.0 Å². The van der Waals surface area contributed by atoms with Gasteiger partial charge in [0.15, 0.2) is 0 Å². The second-order valence-corrected chi connectivity index (χ2v) is 4.91. The first-order valence-corrected chi connectivity index (χ1v) is 6.27. The molecule has 1 heterocycles. The summed E-state index contributed by atoms with van der Waals surface area (Å²) in [4.78, 5) is 2.37. The molecule has 94 valence electrons. The predicted molar refractivity (Wildman–Crippen MR) is 70.4 cm³/mol. The van der Waals surface area contributed by atoms with Crippen LogP contribution < -0.4 is 10.1 Å². The van der Waals surface area contributed by atoms with Gasteiger partial charge in [-0.25, -0.2) is 0 Å². The molecule has 1 aromatic rings. The van der Waals surface area contributed by atoms with E-state index in [0.29, 0.717) is 12.1 Å².